The van der Waals surface area contributed by atoms with Crippen molar-refractivity contribution in [3.05, 3.63) is 42.5 Å². The fourth-order valence-electron chi connectivity index (χ4n) is 1.75. The molecular formula is C13H9ClO5S. The van der Waals surface area contributed by atoms with Crippen LogP contribution in [0.1, 0.15) is 0 Å². The highest BCUT2D eigenvalue weighted by molar-refractivity contribution is 8.13. The van der Waals surface area contributed by atoms with Crippen molar-refractivity contribution in [2.24, 2.45) is 0 Å². The molecule has 0 bridgehead atoms. The van der Waals surface area contributed by atoms with Crippen molar-refractivity contribution >= 4 is 19.7 Å². The van der Waals surface area contributed by atoms with E-state index in [0.29, 0.717) is 23.0 Å². The fourth-order valence-corrected chi connectivity index (χ4v) is 2.52. The molecule has 1 aliphatic heterocycles. The summed E-state index contributed by atoms with van der Waals surface area (Å²) < 4.78 is 38.3. The summed E-state index contributed by atoms with van der Waals surface area (Å²) in [6.07, 6.45) is 0. The first-order chi connectivity index (χ1) is 9.52. The van der Waals surface area contributed by atoms with Gasteiger partial charge in [-0.2, -0.15) is 0 Å². The van der Waals surface area contributed by atoms with Gasteiger partial charge in [-0.1, -0.05) is 0 Å². The maximum Gasteiger partial charge on any atom is 0.261 e. The minimum Gasteiger partial charge on any atom is -0.457 e. The Morgan fingerprint density at radius 2 is 1.60 bits per heavy atom. The Bertz CT molecular complexity index is 740. The van der Waals surface area contributed by atoms with E-state index in [4.69, 9.17) is 24.9 Å². The summed E-state index contributed by atoms with van der Waals surface area (Å²) in [5.41, 5.74) is 0. The van der Waals surface area contributed by atoms with Gasteiger partial charge < -0.3 is 14.2 Å². The number of hydrogen-bond donors (Lipinski definition) is 0. The summed E-state index contributed by atoms with van der Waals surface area (Å²) in [5.74, 6) is 2.34. The lowest BCUT2D eigenvalue weighted by molar-refractivity contribution is 0.174. The molecule has 2 aromatic carbocycles. The van der Waals surface area contributed by atoms with Gasteiger partial charge in [0.15, 0.2) is 11.5 Å². The largest absolute Gasteiger partial charge is 0.457 e. The van der Waals surface area contributed by atoms with Gasteiger partial charge in [-0.05, 0) is 36.4 Å². The number of rotatable bonds is 3. The van der Waals surface area contributed by atoms with E-state index in [-0.39, 0.29) is 11.7 Å². The molecule has 0 aliphatic carbocycles. The Hall–Kier alpha value is -1.92. The van der Waals surface area contributed by atoms with Crippen molar-refractivity contribution < 1.29 is 22.6 Å². The minimum absolute atomic E-state index is 0.0252. The Morgan fingerprint density at radius 1 is 0.950 bits per heavy atom. The SMILES string of the molecule is O=S(=O)(Cl)c1ccc(Oc2ccc3c(c2)OCO3)cc1. The van der Waals surface area contributed by atoms with Crippen LogP contribution in [0.2, 0.25) is 0 Å². The van der Waals surface area contributed by atoms with Gasteiger partial charge in [0.25, 0.3) is 9.05 Å². The number of hydrogen-bond acceptors (Lipinski definition) is 5. The fraction of sp³-hybridized carbons (Fsp3) is 0.0769. The molecule has 1 aliphatic rings. The van der Waals surface area contributed by atoms with Crippen molar-refractivity contribution in [3.8, 4) is 23.0 Å². The molecule has 0 saturated carbocycles. The first kappa shape index (κ1) is 13.1. The first-order valence-corrected chi connectivity index (χ1v) is 7.95. The number of fused-ring (bicyclic) bond motifs is 1. The molecule has 3 rings (SSSR count). The van der Waals surface area contributed by atoms with E-state index in [1.807, 2.05) is 0 Å². The summed E-state index contributed by atoms with van der Waals surface area (Å²) in [4.78, 5) is 0.0252. The van der Waals surface area contributed by atoms with Gasteiger partial charge in [-0.3, -0.25) is 0 Å². The third-order valence-corrected chi connectivity index (χ3v) is 4.05. The maximum absolute atomic E-state index is 11.1. The number of benzene rings is 2. The van der Waals surface area contributed by atoms with Crippen LogP contribution in [-0.2, 0) is 9.05 Å². The second-order valence-corrected chi connectivity index (χ2v) is 6.59. The zero-order chi connectivity index (χ0) is 14.2. The Labute approximate surface area is 120 Å². The van der Waals surface area contributed by atoms with Gasteiger partial charge in [0.1, 0.15) is 11.5 Å². The van der Waals surface area contributed by atoms with Gasteiger partial charge in [0.05, 0.1) is 4.90 Å². The van der Waals surface area contributed by atoms with Crippen LogP contribution >= 0.6 is 10.7 Å². The molecule has 2 aromatic rings. The van der Waals surface area contributed by atoms with Crippen molar-refractivity contribution in [1.29, 1.82) is 0 Å². The zero-order valence-electron chi connectivity index (χ0n) is 10.1. The van der Waals surface area contributed by atoms with E-state index >= 15 is 0 Å². The highest BCUT2D eigenvalue weighted by Crippen LogP contribution is 2.36. The minimum atomic E-state index is -3.72. The van der Waals surface area contributed by atoms with Gasteiger partial charge in [0.2, 0.25) is 6.79 Å². The van der Waals surface area contributed by atoms with Crippen LogP contribution in [0.4, 0.5) is 0 Å². The molecule has 0 radical (unpaired) electrons. The highest BCUT2D eigenvalue weighted by Gasteiger charge is 2.14. The van der Waals surface area contributed by atoms with Gasteiger partial charge in [-0.25, -0.2) is 8.42 Å². The average Bonchev–Trinajstić information content (AvgIpc) is 2.86. The molecule has 0 unspecified atom stereocenters. The van der Waals surface area contributed by atoms with E-state index in [9.17, 15) is 8.42 Å². The Balaban J connectivity index is 1.81. The Morgan fingerprint density at radius 3 is 2.30 bits per heavy atom. The lowest BCUT2D eigenvalue weighted by Gasteiger charge is -2.06. The predicted octanol–water partition coefficient (Wildman–Crippen LogP) is 3.14. The van der Waals surface area contributed by atoms with Gasteiger partial charge in [-0.15, -0.1) is 0 Å². The van der Waals surface area contributed by atoms with E-state index < -0.39 is 9.05 Å². The molecule has 0 N–H and O–H groups in total. The van der Waals surface area contributed by atoms with Crippen LogP contribution in [0.15, 0.2) is 47.4 Å². The van der Waals surface area contributed by atoms with Crippen molar-refractivity contribution in [3.63, 3.8) is 0 Å². The molecule has 104 valence electrons. The summed E-state index contributed by atoms with van der Waals surface area (Å²) in [6, 6.07) is 11.0. The van der Waals surface area contributed by atoms with Gasteiger partial charge in [0, 0.05) is 16.7 Å². The third-order valence-electron chi connectivity index (χ3n) is 2.69. The summed E-state index contributed by atoms with van der Waals surface area (Å²) in [7, 11) is 1.52. The molecule has 0 amide bonds. The molecule has 0 saturated heterocycles. The molecule has 0 spiro atoms. The second-order valence-electron chi connectivity index (χ2n) is 4.03. The van der Waals surface area contributed by atoms with Crippen molar-refractivity contribution in [1.82, 2.24) is 0 Å². The predicted molar refractivity (Wildman–Crippen MR) is 72.1 cm³/mol. The van der Waals surface area contributed by atoms with Crippen LogP contribution in [0.25, 0.3) is 0 Å². The lowest BCUT2D eigenvalue weighted by atomic mass is 10.3. The average molecular weight is 313 g/mol. The van der Waals surface area contributed by atoms with E-state index in [1.165, 1.54) is 24.3 Å². The van der Waals surface area contributed by atoms with Crippen LogP contribution in [0.5, 0.6) is 23.0 Å². The topological polar surface area (TPSA) is 61.8 Å². The van der Waals surface area contributed by atoms with Crippen LogP contribution in [-0.4, -0.2) is 15.2 Å². The quantitative estimate of drug-likeness (QED) is 0.815. The van der Waals surface area contributed by atoms with E-state index in [1.54, 1.807) is 18.2 Å². The molecule has 1 heterocycles. The molecule has 0 fully saturated rings. The molecule has 0 aromatic heterocycles. The molecule has 7 heteroatoms. The standard InChI is InChI=1S/C13H9ClO5S/c14-20(15,16)11-4-1-9(2-5-11)19-10-3-6-12-13(7-10)18-8-17-12/h1-7H,8H2. The molecule has 20 heavy (non-hydrogen) atoms. The smallest absolute Gasteiger partial charge is 0.261 e. The summed E-state index contributed by atoms with van der Waals surface area (Å²) in [5, 5.41) is 0. The second kappa shape index (κ2) is 4.88. The van der Waals surface area contributed by atoms with Crippen molar-refractivity contribution in [2.75, 3.05) is 6.79 Å². The molecule has 5 nitrogen and oxygen atoms in total. The van der Waals surface area contributed by atoms with Crippen molar-refractivity contribution in [2.45, 2.75) is 4.90 Å². The number of ether oxygens (including phenoxy) is 3. The monoisotopic (exact) mass is 312 g/mol. The normalized spacial score (nSPS) is 13.2. The van der Waals surface area contributed by atoms with E-state index in [0.717, 1.165) is 0 Å². The third kappa shape index (κ3) is 2.66. The molecule has 0 atom stereocenters. The van der Waals surface area contributed by atoms with Crippen LogP contribution < -0.4 is 14.2 Å². The summed E-state index contributed by atoms with van der Waals surface area (Å²) in [6.45, 7) is 0.196. The van der Waals surface area contributed by atoms with Crippen LogP contribution in [0.3, 0.4) is 0 Å². The van der Waals surface area contributed by atoms with Crippen LogP contribution in [0, 0.1) is 0 Å². The lowest BCUT2D eigenvalue weighted by Crippen LogP contribution is -1.92. The zero-order valence-corrected chi connectivity index (χ0v) is 11.6. The van der Waals surface area contributed by atoms with E-state index in [2.05, 4.69) is 0 Å². The highest BCUT2D eigenvalue weighted by atomic mass is 35.7. The first-order valence-electron chi connectivity index (χ1n) is 5.65. The summed E-state index contributed by atoms with van der Waals surface area (Å²) >= 11 is 0. The number of halogens is 1. The van der Waals surface area contributed by atoms with Gasteiger partial charge >= 0.3 is 0 Å². The Kier molecular flexibility index (Phi) is 3.19. The maximum atomic E-state index is 11.1. The molecular weight excluding hydrogens is 304 g/mol.